The number of nitrogens with two attached hydrogens (primary N) is 1. The maximum Gasteiger partial charge on any atom is 0.237 e. The zero-order chi connectivity index (χ0) is 16.3. The summed E-state index contributed by atoms with van der Waals surface area (Å²) in [6.45, 7) is 8.55. The van der Waals surface area contributed by atoms with Crippen molar-refractivity contribution in [2.24, 2.45) is 11.1 Å². The molecule has 3 N–H and O–H groups in total. The monoisotopic (exact) mass is 323 g/mol. The smallest absolute Gasteiger partial charge is 0.237 e. The fourth-order valence-electron chi connectivity index (χ4n) is 2.85. The van der Waals surface area contributed by atoms with Crippen LogP contribution in [0.15, 0.2) is 24.3 Å². The SMILES string of the molecule is CC(C(=O)NCc1ccc(Cl)cc1)N1CCC(N)C(C)(C)C1. The van der Waals surface area contributed by atoms with Crippen molar-refractivity contribution >= 4 is 17.5 Å². The third kappa shape index (κ3) is 4.22. The number of hydrogen-bond acceptors (Lipinski definition) is 3. The summed E-state index contributed by atoms with van der Waals surface area (Å²) in [5.74, 6) is 0.0567. The van der Waals surface area contributed by atoms with Crippen molar-refractivity contribution in [3.63, 3.8) is 0 Å². The van der Waals surface area contributed by atoms with Crippen LogP contribution in [0.2, 0.25) is 5.02 Å². The van der Waals surface area contributed by atoms with Crippen molar-refractivity contribution in [3.8, 4) is 0 Å². The zero-order valence-electron chi connectivity index (χ0n) is 13.6. The molecular weight excluding hydrogens is 298 g/mol. The number of hydrogen-bond donors (Lipinski definition) is 2. The van der Waals surface area contributed by atoms with Crippen LogP contribution in [0, 0.1) is 5.41 Å². The molecule has 0 bridgehead atoms. The van der Waals surface area contributed by atoms with Gasteiger partial charge in [0, 0.05) is 30.7 Å². The lowest BCUT2D eigenvalue weighted by Gasteiger charge is -2.44. The second kappa shape index (κ2) is 6.99. The van der Waals surface area contributed by atoms with E-state index < -0.39 is 0 Å². The van der Waals surface area contributed by atoms with Crippen LogP contribution in [0.25, 0.3) is 0 Å². The Morgan fingerprint density at radius 3 is 2.68 bits per heavy atom. The van der Waals surface area contributed by atoms with Gasteiger partial charge in [-0.3, -0.25) is 9.69 Å². The van der Waals surface area contributed by atoms with Crippen molar-refractivity contribution in [3.05, 3.63) is 34.9 Å². The highest BCUT2D eigenvalue weighted by Gasteiger charge is 2.36. The van der Waals surface area contributed by atoms with Gasteiger partial charge in [0.05, 0.1) is 6.04 Å². The molecule has 2 unspecified atom stereocenters. The van der Waals surface area contributed by atoms with Crippen LogP contribution < -0.4 is 11.1 Å². The van der Waals surface area contributed by atoms with Gasteiger partial charge in [-0.15, -0.1) is 0 Å². The minimum absolute atomic E-state index is 0.0446. The van der Waals surface area contributed by atoms with E-state index in [1.165, 1.54) is 0 Å². The molecule has 1 aromatic rings. The minimum atomic E-state index is -0.140. The van der Waals surface area contributed by atoms with Gasteiger partial charge in [0.2, 0.25) is 5.91 Å². The number of likely N-dealkylation sites (tertiary alicyclic amines) is 1. The molecule has 0 spiro atoms. The van der Waals surface area contributed by atoms with E-state index >= 15 is 0 Å². The van der Waals surface area contributed by atoms with Crippen LogP contribution in [0.5, 0.6) is 0 Å². The first-order valence-electron chi connectivity index (χ1n) is 7.81. The van der Waals surface area contributed by atoms with Crippen LogP contribution in [-0.2, 0) is 11.3 Å². The first kappa shape index (κ1) is 17.3. The largest absolute Gasteiger partial charge is 0.351 e. The van der Waals surface area contributed by atoms with Gasteiger partial charge in [-0.2, -0.15) is 0 Å². The van der Waals surface area contributed by atoms with Crippen LogP contribution >= 0.6 is 11.6 Å². The maximum atomic E-state index is 12.4. The predicted molar refractivity (Wildman–Crippen MR) is 90.7 cm³/mol. The number of amides is 1. The van der Waals surface area contributed by atoms with Gasteiger partial charge in [0.25, 0.3) is 0 Å². The number of rotatable bonds is 4. The molecule has 0 saturated carbocycles. The van der Waals surface area contributed by atoms with Gasteiger partial charge in [0.1, 0.15) is 0 Å². The summed E-state index contributed by atoms with van der Waals surface area (Å²) in [5, 5.41) is 3.70. The Bertz CT molecular complexity index is 515. The molecule has 1 aliphatic heterocycles. The summed E-state index contributed by atoms with van der Waals surface area (Å²) in [4.78, 5) is 14.6. The number of piperidine rings is 1. The molecule has 22 heavy (non-hydrogen) atoms. The molecule has 1 fully saturated rings. The molecular formula is C17H26ClN3O. The Labute approximate surface area is 138 Å². The maximum absolute atomic E-state index is 12.4. The van der Waals surface area contributed by atoms with Crippen LogP contribution in [-0.4, -0.2) is 36.0 Å². The van der Waals surface area contributed by atoms with E-state index in [0.29, 0.717) is 11.6 Å². The van der Waals surface area contributed by atoms with Gasteiger partial charge >= 0.3 is 0 Å². The number of nitrogens with one attached hydrogen (secondary N) is 1. The van der Waals surface area contributed by atoms with Gasteiger partial charge in [-0.05, 0) is 36.5 Å². The minimum Gasteiger partial charge on any atom is -0.351 e. The summed E-state index contributed by atoms with van der Waals surface area (Å²) in [7, 11) is 0. The summed E-state index contributed by atoms with van der Waals surface area (Å²) in [6, 6.07) is 7.58. The first-order valence-corrected chi connectivity index (χ1v) is 8.19. The van der Waals surface area contributed by atoms with Crippen LogP contribution in [0.3, 0.4) is 0 Å². The molecule has 2 atom stereocenters. The topological polar surface area (TPSA) is 58.4 Å². The molecule has 1 saturated heterocycles. The molecule has 1 aromatic carbocycles. The lowest BCUT2D eigenvalue weighted by atomic mass is 9.79. The Kier molecular flexibility index (Phi) is 5.48. The Morgan fingerprint density at radius 2 is 2.09 bits per heavy atom. The zero-order valence-corrected chi connectivity index (χ0v) is 14.4. The van der Waals surface area contributed by atoms with Gasteiger partial charge in [0.15, 0.2) is 0 Å². The summed E-state index contributed by atoms with van der Waals surface area (Å²) < 4.78 is 0. The molecule has 5 heteroatoms. The molecule has 122 valence electrons. The average Bonchev–Trinajstić information content (AvgIpc) is 2.48. The van der Waals surface area contributed by atoms with Crippen molar-refractivity contribution in [2.45, 2.75) is 45.8 Å². The van der Waals surface area contributed by atoms with E-state index in [9.17, 15) is 4.79 Å². The van der Waals surface area contributed by atoms with E-state index in [1.807, 2.05) is 31.2 Å². The Hall–Kier alpha value is -1.10. The molecule has 0 aliphatic carbocycles. The molecule has 1 amide bonds. The normalized spacial score (nSPS) is 23.0. The Morgan fingerprint density at radius 1 is 1.45 bits per heavy atom. The summed E-state index contributed by atoms with van der Waals surface area (Å²) in [5.41, 5.74) is 7.25. The molecule has 0 radical (unpaired) electrons. The number of halogens is 1. The highest BCUT2D eigenvalue weighted by atomic mass is 35.5. The molecule has 4 nitrogen and oxygen atoms in total. The highest BCUT2D eigenvalue weighted by molar-refractivity contribution is 6.30. The van der Waals surface area contributed by atoms with Gasteiger partial charge < -0.3 is 11.1 Å². The Balaban J connectivity index is 1.88. The van der Waals surface area contributed by atoms with E-state index in [4.69, 9.17) is 17.3 Å². The number of benzene rings is 1. The lowest BCUT2D eigenvalue weighted by Crippen LogP contribution is -2.57. The second-order valence-corrected chi connectivity index (χ2v) is 7.31. The molecule has 0 aromatic heterocycles. The second-order valence-electron chi connectivity index (χ2n) is 6.87. The molecule has 1 aliphatic rings. The van der Waals surface area contributed by atoms with Crippen molar-refractivity contribution in [2.75, 3.05) is 13.1 Å². The standard InChI is InChI=1S/C17H26ClN3O/c1-12(21-9-8-15(19)17(2,3)11-21)16(22)20-10-13-4-6-14(18)7-5-13/h4-7,12,15H,8-11,19H2,1-3H3,(H,20,22). The van der Waals surface area contributed by atoms with E-state index in [1.54, 1.807) is 0 Å². The van der Waals surface area contributed by atoms with Crippen molar-refractivity contribution in [1.29, 1.82) is 0 Å². The summed E-state index contributed by atoms with van der Waals surface area (Å²) >= 11 is 5.86. The first-order chi connectivity index (χ1) is 10.3. The predicted octanol–water partition coefficient (Wildman–Crippen LogP) is 2.40. The molecule has 1 heterocycles. The summed E-state index contributed by atoms with van der Waals surface area (Å²) in [6.07, 6.45) is 0.932. The van der Waals surface area contributed by atoms with Crippen molar-refractivity contribution in [1.82, 2.24) is 10.2 Å². The third-order valence-electron chi connectivity index (χ3n) is 4.65. The third-order valence-corrected chi connectivity index (χ3v) is 4.90. The number of nitrogens with zero attached hydrogens (tertiary/aromatic N) is 1. The lowest BCUT2D eigenvalue weighted by molar-refractivity contribution is -0.127. The van der Waals surface area contributed by atoms with Gasteiger partial charge in [-0.1, -0.05) is 37.6 Å². The number of carbonyl (C=O) groups is 1. The molecule has 2 rings (SSSR count). The van der Waals surface area contributed by atoms with E-state index in [0.717, 1.165) is 25.1 Å². The van der Waals surface area contributed by atoms with Gasteiger partial charge in [-0.25, -0.2) is 0 Å². The quantitative estimate of drug-likeness (QED) is 0.894. The fraction of sp³-hybridized carbons (Fsp3) is 0.588. The number of carbonyl (C=O) groups excluding carboxylic acids is 1. The van der Waals surface area contributed by atoms with Crippen molar-refractivity contribution < 1.29 is 4.79 Å². The fourth-order valence-corrected chi connectivity index (χ4v) is 2.98. The highest BCUT2D eigenvalue weighted by Crippen LogP contribution is 2.28. The van der Waals surface area contributed by atoms with Crippen LogP contribution in [0.4, 0.5) is 0 Å². The van der Waals surface area contributed by atoms with E-state index in [-0.39, 0.29) is 23.4 Å². The van der Waals surface area contributed by atoms with E-state index in [2.05, 4.69) is 24.1 Å². The average molecular weight is 324 g/mol. The van der Waals surface area contributed by atoms with Crippen LogP contribution in [0.1, 0.15) is 32.8 Å².